The maximum Gasteiger partial charge on any atom is 0.238 e. The molecular formula is C22H29N3O3S. The SMILES string of the molecule is NS(=O)(=O)c1ccc(CCC(=O)NCc2ccccc2CN2CCCCC2)cc1. The van der Waals surface area contributed by atoms with E-state index in [4.69, 9.17) is 5.14 Å². The molecule has 0 bridgehead atoms. The summed E-state index contributed by atoms with van der Waals surface area (Å²) in [6, 6.07) is 14.6. The van der Waals surface area contributed by atoms with Crippen molar-refractivity contribution >= 4 is 15.9 Å². The van der Waals surface area contributed by atoms with E-state index in [1.807, 2.05) is 6.07 Å². The summed E-state index contributed by atoms with van der Waals surface area (Å²) in [6.45, 7) is 3.74. The number of rotatable bonds is 8. The first-order valence-electron chi connectivity index (χ1n) is 10.1. The van der Waals surface area contributed by atoms with Crippen molar-refractivity contribution in [3.63, 3.8) is 0 Å². The Balaban J connectivity index is 1.49. The van der Waals surface area contributed by atoms with Crippen molar-refractivity contribution in [3.05, 3.63) is 65.2 Å². The van der Waals surface area contributed by atoms with Gasteiger partial charge in [-0.3, -0.25) is 9.69 Å². The average Bonchev–Trinajstić information content (AvgIpc) is 2.72. The second-order valence-electron chi connectivity index (χ2n) is 7.57. The molecule has 7 heteroatoms. The summed E-state index contributed by atoms with van der Waals surface area (Å²) in [5.41, 5.74) is 3.33. The van der Waals surface area contributed by atoms with Gasteiger partial charge in [0.1, 0.15) is 0 Å². The van der Waals surface area contributed by atoms with Crippen LogP contribution in [0.3, 0.4) is 0 Å². The first kappa shape index (κ1) is 21.5. The maximum absolute atomic E-state index is 12.3. The molecule has 0 atom stereocenters. The van der Waals surface area contributed by atoms with Crippen LogP contribution in [0.15, 0.2) is 53.4 Å². The van der Waals surface area contributed by atoms with Gasteiger partial charge in [-0.05, 0) is 61.2 Å². The van der Waals surface area contributed by atoms with Crippen molar-refractivity contribution < 1.29 is 13.2 Å². The van der Waals surface area contributed by atoms with Crippen LogP contribution in [0.1, 0.15) is 42.4 Å². The van der Waals surface area contributed by atoms with Crippen molar-refractivity contribution in [2.24, 2.45) is 5.14 Å². The highest BCUT2D eigenvalue weighted by Crippen LogP contribution is 2.16. The minimum absolute atomic E-state index is 0.0201. The van der Waals surface area contributed by atoms with Gasteiger partial charge < -0.3 is 5.32 Å². The lowest BCUT2D eigenvalue weighted by Crippen LogP contribution is -2.30. The number of carbonyl (C=O) groups excluding carboxylic acids is 1. The van der Waals surface area contributed by atoms with Crippen LogP contribution >= 0.6 is 0 Å². The molecule has 1 saturated heterocycles. The molecule has 156 valence electrons. The minimum atomic E-state index is -3.69. The Bertz CT molecular complexity index is 921. The summed E-state index contributed by atoms with van der Waals surface area (Å²) in [7, 11) is -3.69. The molecule has 2 aromatic rings. The molecule has 0 radical (unpaired) electrons. The van der Waals surface area contributed by atoms with Crippen LogP contribution in [-0.2, 0) is 34.3 Å². The Morgan fingerprint density at radius 3 is 2.28 bits per heavy atom. The Kier molecular flexibility index (Phi) is 7.41. The topological polar surface area (TPSA) is 92.5 Å². The molecule has 1 aliphatic rings. The number of nitrogens with one attached hydrogen (secondary N) is 1. The number of sulfonamides is 1. The fourth-order valence-corrected chi connectivity index (χ4v) is 4.14. The number of hydrogen-bond donors (Lipinski definition) is 2. The number of aryl methyl sites for hydroxylation is 1. The van der Waals surface area contributed by atoms with E-state index in [2.05, 4.69) is 28.4 Å². The van der Waals surface area contributed by atoms with Gasteiger partial charge in [0.15, 0.2) is 0 Å². The summed E-state index contributed by atoms with van der Waals surface area (Å²) < 4.78 is 22.6. The third-order valence-electron chi connectivity index (χ3n) is 5.33. The fraction of sp³-hybridized carbons (Fsp3) is 0.409. The molecule has 1 aliphatic heterocycles. The van der Waals surface area contributed by atoms with Gasteiger partial charge in [0.05, 0.1) is 4.90 Å². The molecule has 3 N–H and O–H groups in total. The zero-order valence-corrected chi connectivity index (χ0v) is 17.5. The Morgan fingerprint density at radius 1 is 0.966 bits per heavy atom. The largest absolute Gasteiger partial charge is 0.352 e. The molecule has 0 aromatic heterocycles. The van der Waals surface area contributed by atoms with Gasteiger partial charge in [-0.15, -0.1) is 0 Å². The van der Waals surface area contributed by atoms with Crippen LogP contribution in [0.4, 0.5) is 0 Å². The van der Waals surface area contributed by atoms with Crippen molar-refractivity contribution in [1.29, 1.82) is 0 Å². The zero-order valence-electron chi connectivity index (χ0n) is 16.6. The van der Waals surface area contributed by atoms with Gasteiger partial charge in [-0.1, -0.05) is 42.8 Å². The maximum atomic E-state index is 12.3. The smallest absolute Gasteiger partial charge is 0.238 e. The van der Waals surface area contributed by atoms with E-state index in [-0.39, 0.29) is 10.8 Å². The molecule has 0 aliphatic carbocycles. The van der Waals surface area contributed by atoms with Crippen LogP contribution in [0.2, 0.25) is 0 Å². The van der Waals surface area contributed by atoms with E-state index in [9.17, 15) is 13.2 Å². The quantitative estimate of drug-likeness (QED) is 0.693. The van der Waals surface area contributed by atoms with Gasteiger partial charge >= 0.3 is 0 Å². The third kappa shape index (κ3) is 6.66. The molecule has 0 saturated carbocycles. The van der Waals surface area contributed by atoms with Gasteiger partial charge in [0.25, 0.3) is 0 Å². The molecule has 0 spiro atoms. The molecule has 6 nitrogen and oxygen atoms in total. The molecule has 0 unspecified atom stereocenters. The summed E-state index contributed by atoms with van der Waals surface area (Å²) in [5, 5.41) is 8.11. The van der Waals surface area contributed by atoms with Crippen molar-refractivity contribution in [2.45, 2.75) is 50.1 Å². The monoisotopic (exact) mass is 415 g/mol. The Hall–Kier alpha value is -2.22. The highest BCUT2D eigenvalue weighted by Gasteiger charge is 2.13. The van der Waals surface area contributed by atoms with E-state index in [1.54, 1.807) is 12.1 Å². The Morgan fingerprint density at radius 2 is 1.62 bits per heavy atom. The minimum Gasteiger partial charge on any atom is -0.352 e. The molecular weight excluding hydrogens is 386 g/mol. The second-order valence-corrected chi connectivity index (χ2v) is 9.13. The average molecular weight is 416 g/mol. The van der Waals surface area contributed by atoms with Crippen molar-refractivity contribution in [2.75, 3.05) is 13.1 Å². The number of primary sulfonamides is 1. The standard InChI is InChI=1S/C22H29N3O3S/c23-29(27,28)21-11-8-18(9-12-21)10-13-22(26)24-16-19-6-2-3-7-20(19)17-25-14-4-1-5-15-25/h2-3,6-9,11-12H,1,4-5,10,13-17H2,(H,24,26)(H2,23,27,28). The molecule has 3 rings (SSSR count). The number of piperidine rings is 1. The molecule has 1 heterocycles. The van der Waals surface area contributed by atoms with E-state index in [0.717, 1.165) is 30.8 Å². The molecule has 1 fully saturated rings. The number of hydrogen-bond acceptors (Lipinski definition) is 4. The number of likely N-dealkylation sites (tertiary alicyclic amines) is 1. The number of carbonyl (C=O) groups is 1. The van der Waals surface area contributed by atoms with Gasteiger partial charge in [-0.2, -0.15) is 0 Å². The lowest BCUT2D eigenvalue weighted by atomic mass is 10.0. The summed E-state index contributed by atoms with van der Waals surface area (Å²) in [5.74, 6) is -0.0201. The fourth-order valence-electron chi connectivity index (χ4n) is 3.63. The predicted octanol–water partition coefficient (Wildman–Crippen LogP) is 2.57. The van der Waals surface area contributed by atoms with Gasteiger partial charge in [0.2, 0.25) is 15.9 Å². The van der Waals surface area contributed by atoms with Gasteiger partial charge in [0, 0.05) is 19.5 Å². The second kappa shape index (κ2) is 10.0. The highest BCUT2D eigenvalue weighted by atomic mass is 32.2. The number of nitrogens with zero attached hydrogens (tertiary/aromatic N) is 1. The molecule has 29 heavy (non-hydrogen) atoms. The lowest BCUT2D eigenvalue weighted by molar-refractivity contribution is -0.121. The number of amides is 1. The normalized spacial score (nSPS) is 15.2. The van der Waals surface area contributed by atoms with Crippen LogP contribution < -0.4 is 10.5 Å². The van der Waals surface area contributed by atoms with Crippen LogP contribution in [0, 0.1) is 0 Å². The summed E-state index contributed by atoms with van der Waals surface area (Å²) in [6.07, 6.45) is 4.74. The number of nitrogens with two attached hydrogens (primary N) is 1. The predicted molar refractivity (Wildman–Crippen MR) is 114 cm³/mol. The van der Waals surface area contributed by atoms with Crippen LogP contribution in [-0.4, -0.2) is 32.3 Å². The number of benzene rings is 2. The highest BCUT2D eigenvalue weighted by molar-refractivity contribution is 7.89. The summed E-state index contributed by atoms with van der Waals surface area (Å²) >= 11 is 0. The first-order chi connectivity index (χ1) is 13.9. The molecule has 1 amide bonds. The van der Waals surface area contributed by atoms with Crippen molar-refractivity contribution in [3.8, 4) is 0 Å². The van der Waals surface area contributed by atoms with E-state index in [0.29, 0.717) is 19.4 Å². The zero-order chi connectivity index (χ0) is 20.7. The van der Waals surface area contributed by atoms with E-state index < -0.39 is 10.0 Å². The molecule has 2 aromatic carbocycles. The van der Waals surface area contributed by atoms with Crippen LogP contribution in [0.25, 0.3) is 0 Å². The van der Waals surface area contributed by atoms with E-state index in [1.165, 1.54) is 37.0 Å². The van der Waals surface area contributed by atoms with Crippen molar-refractivity contribution in [1.82, 2.24) is 10.2 Å². The Labute approximate surface area is 173 Å². The summed E-state index contributed by atoms with van der Waals surface area (Å²) in [4.78, 5) is 14.8. The van der Waals surface area contributed by atoms with Crippen LogP contribution in [0.5, 0.6) is 0 Å². The van der Waals surface area contributed by atoms with Gasteiger partial charge in [-0.25, -0.2) is 13.6 Å². The lowest BCUT2D eigenvalue weighted by Gasteiger charge is -2.27. The first-order valence-corrected chi connectivity index (χ1v) is 11.6. The third-order valence-corrected chi connectivity index (χ3v) is 6.26. The van der Waals surface area contributed by atoms with E-state index >= 15 is 0 Å².